The van der Waals surface area contributed by atoms with Crippen LogP contribution in [0.3, 0.4) is 0 Å². The summed E-state index contributed by atoms with van der Waals surface area (Å²) in [4.78, 5) is 14.6. The maximum absolute atomic E-state index is 12.1. The summed E-state index contributed by atoms with van der Waals surface area (Å²) in [6, 6.07) is 5.66. The number of benzene rings is 1. The Morgan fingerprint density at radius 3 is 2.96 bits per heavy atom. The van der Waals surface area contributed by atoms with Gasteiger partial charge >= 0.3 is 6.03 Å². The van der Waals surface area contributed by atoms with Crippen LogP contribution in [0.15, 0.2) is 18.2 Å². The van der Waals surface area contributed by atoms with Crippen LogP contribution in [0.5, 0.6) is 11.5 Å². The molecule has 1 atom stereocenters. The van der Waals surface area contributed by atoms with E-state index in [2.05, 4.69) is 15.5 Å². The van der Waals surface area contributed by atoms with Crippen molar-refractivity contribution in [1.29, 1.82) is 0 Å². The topological polar surface area (TPSA) is 62.8 Å². The lowest BCUT2D eigenvalue weighted by atomic mass is 10.0. The van der Waals surface area contributed by atoms with Crippen molar-refractivity contribution in [2.45, 2.75) is 38.1 Å². The highest BCUT2D eigenvalue weighted by molar-refractivity contribution is 5.74. The zero-order chi connectivity index (χ0) is 17.5. The first-order valence-electron chi connectivity index (χ1n) is 9.31. The van der Waals surface area contributed by atoms with Gasteiger partial charge in [-0.2, -0.15) is 0 Å². The Morgan fingerprint density at radius 1 is 1.32 bits per heavy atom. The molecule has 3 rings (SSSR count). The number of carbonyl (C=O) groups is 1. The van der Waals surface area contributed by atoms with Crippen molar-refractivity contribution in [3.05, 3.63) is 23.8 Å². The summed E-state index contributed by atoms with van der Waals surface area (Å²) in [5.74, 6) is 1.69. The molecule has 0 aromatic heterocycles. The summed E-state index contributed by atoms with van der Waals surface area (Å²) in [6.45, 7) is 4.68. The van der Waals surface area contributed by atoms with Crippen molar-refractivity contribution >= 4 is 6.03 Å². The molecule has 2 aliphatic rings. The molecule has 0 bridgehead atoms. The Morgan fingerprint density at radius 2 is 2.16 bits per heavy atom. The minimum atomic E-state index is -0.112. The van der Waals surface area contributed by atoms with Gasteiger partial charge in [-0.1, -0.05) is 6.42 Å². The minimum Gasteiger partial charge on any atom is -0.497 e. The van der Waals surface area contributed by atoms with Crippen molar-refractivity contribution in [1.82, 2.24) is 15.5 Å². The molecule has 25 heavy (non-hydrogen) atoms. The second-order valence-electron chi connectivity index (χ2n) is 6.84. The first-order chi connectivity index (χ1) is 12.2. The summed E-state index contributed by atoms with van der Waals surface area (Å²) in [7, 11) is 1.65. The maximum atomic E-state index is 12.1. The van der Waals surface area contributed by atoms with Crippen LogP contribution in [0.25, 0.3) is 0 Å². The summed E-state index contributed by atoms with van der Waals surface area (Å²) in [5.41, 5.74) is 1.07. The van der Waals surface area contributed by atoms with Gasteiger partial charge < -0.3 is 25.0 Å². The van der Waals surface area contributed by atoms with Gasteiger partial charge in [0.05, 0.1) is 13.2 Å². The molecule has 2 aliphatic heterocycles. The van der Waals surface area contributed by atoms with Crippen LogP contribution in [-0.2, 0) is 6.42 Å². The quantitative estimate of drug-likeness (QED) is 0.774. The third-order valence-corrected chi connectivity index (χ3v) is 4.89. The lowest BCUT2D eigenvalue weighted by Gasteiger charge is -2.27. The van der Waals surface area contributed by atoms with E-state index in [1.54, 1.807) is 7.11 Å². The molecule has 0 unspecified atom stereocenters. The predicted octanol–water partition coefficient (Wildman–Crippen LogP) is 2.17. The van der Waals surface area contributed by atoms with Crippen molar-refractivity contribution in [3.63, 3.8) is 0 Å². The molecule has 6 heteroatoms. The van der Waals surface area contributed by atoms with Crippen LogP contribution in [0, 0.1) is 0 Å². The standard InChI is InChI=1S/C19H29N3O3/c1-24-17-6-7-18-15(13-17)12-16(14-25-18)21-19(23)20-8-5-11-22-9-3-2-4-10-22/h6-7,13,16H,2-5,8-12,14H2,1H3,(H2,20,21,23)/t16-/m1/s1. The van der Waals surface area contributed by atoms with Crippen LogP contribution in [0.2, 0.25) is 0 Å². The van der Waals surface area contributed by atoms with Crippen molar-refractivity contribution in [3.8, 4) is 11.5 Å². The molecule has 0 aliphatic carbocycles. The zero-order valence-electron chi connectivity index (χ0n) is 15.1. The summed E-state index contributed by atoms with van der Waals surface area (Å²) in [6.07, 6.45) is 5.72. The van der Waals surface area contributed by atoms with E-state index in [0.717, 1.165) is 36.4 Å². The van der Waals surface area contributed by atoms with Gasteiger partial charge in [0, 0.05) is 6.54 Å². The molecule has 2 heterocycles. The average Bonchev–Trinajstić information content (AvgIpc) is 2.65. The Bertz CT molecular complexity index is 573. The van der Waals surface area contributed by atoms with E-state index in [1.165, 1.54) is 32.4 Å². The molecular weight excluding hydrogens is 318 g/mol. The Balaban J connectivity index is 1.36. The highest BCUT2D eigenvalue weighted by atomic mass is 16.5. The summed E-state index contributed by atoms with van der Waals surface area (Å²) >= 11 is 0. The molecule has 2 N–H and O–H groups in total. The number of methoxy groups -OCH3 is 1. The van der Waals surface area contributed by atoms with Gasteiger partial charge in [-0.25, -0.2) is 4.79 Å². The Labute approximate surface area is 149 Å². The van der Waals surface area contributed by atoms with E-state index in [1.807, 2.05) is 18.2 Å². The first kappa shape index (κ1) is 17.9. The summed E-state index contributed by atoms with van der Waals surface area (Å²) in [5, 5.41) is 5.97. The Hall–Kier alpha value is -1.95. The zero-order valence-corrected chi connectivity index (χ0v) is 15.1. The molecule has 1 fully saturated rings. The van der Waals surface area contributed by atoms with E-state index in [-0.39, 0.29) is 12.1 Å². The molecule has 0 saturated carbocycles. The number of piperidine rings is 1. The van der Waals surface area contributed by atoms with Crippen molar-refractivity contribution in [2.24, 2.45) is 0 Å². The van der Waals surface area contributed by atoms with Crippen molar-refractivity contribution in [2.75, 3.05) is 39.9 Å². The van der Waals surface area contributed by atoms with E-state index >= 15 is 0 Å². The van der Waals surface area contributed by atoms with Crippen molar-refractivity contribution < 1.29 is 14.3 Å². The molecule has 138 valence electrons. The number of ether oxygens (including phenoxy) is 2. The maximum Gasteiger partial charge on any atom is 0.315 e. The van der Waals surface area contributed by atoms with Crippen LogP contribution in [0.1, 0.15) is 31.2 Å². The van der Waals surface area contributed by atoms with E-state index in [4.69, 9.17) is 9.47 Å². The van der Waals surface area contributed by atoms with Gasteiger partial charge in [-0.05, 0) is 69.1 Å². The summed E-state index contributed by atoms with van der Waals surface area (Å²) < 4.78 is 11.0. The van der Waals surface area contributed by atoms with Crippen LogP contribution < -0.4 is 20.1 Å². The number of amides is 2. The largest absolute Gasteiger partial charge is 0.497 e. The van der Waals surface area contributed by atoms with Gasteiger partial charge in [0.25, 0.3) is 0 Å². The van der Waals surface area contributed by atoms with E-state index < -0.39 is 0 Å². The highest BCUT2D eigenvalue weighted by Crippen LogP contribution is 2.28. The number of hydrogen-bond acceptors (Lipinski definition) is 4. The fraction of sp³-hybridized carbons (Fsp3) is 0.632. The number of nitrogens with one attached hydrogen (secondary N) is 2. The monoisotopic (exact) mass is 347 g/mol. The number of fused-ring (bicyclic) bond motifs is 1. The molecular formula is C19H29N3O3. The molecule has 1 aromatic carbocycles. The SMILES string of the molecule is COc1ccc2c(c1)C[C@@H](NC(=O)NCCCN1CCCCC1)CO2. The first-order valence-corrected chi connectivity index (χ1v) is 9.31. The molecule has 0 radical (unpaired) electrons. The number of urea groups is 1. The average molecular weight is 347 g/mol. The fourth-order valence-corrected chi connectivity index (χ4v) is 3.51. The van der Waals surface area contributed by atoms with Gasteiger partial charge in [-0.15, -0.1) is 0 Å². The fourth-order valence-electron chi connectivity index (χ4n) is 3.51. The smallest absolute Gasteiger partial charge is 0.315 e. The highest BCUT2D eigenvalue weighted by Gasteiger charge is 2.21. The molecule has 6 nitrogen and oxygen atoms in total. The van der Waals surface area contributed by atoms with E-state index in [9.17, 15) is 4.79 Å². The van der Waals surface area contributed by atoms with Gasteiger partial charge in [0.1, 0.15) is 18.1 Å². The number of likely N-dealkylation sites (tertiary alicyclic amines) is 1. The Kier molecular flexibility index (Phi) is 6.39. The van der Waals surface area contributed by atoms with Crippen LogP contribution in [0.4, 0.5) is 4.79 Å². The normalized spacial score (nSPS) is 20.3. The minimum absolute atomic E-state index is 0.0123. The second-order valence-corrected chi connectivity index (χ2v) is 6.84. The number of carbonyl (C=O) groups excluding carboxylic acids is 1. The third-order valence-electron chi connectivity index (χ3n) is 4.89. The van der Waals surface area contributed by atoms with E-state index in [0.29, 0.717) is 13.2 Å². The van der Waals surface area contributed by atoms with Crippen LogP contribution >= 0.6 is 0 Å². The van der Waals surface area contributed by atoms with Gasteiger partial charge in [-0.3, -0.25) is 0 Å². The number of rotatable bonds is 6. The molecule has 0 spiro atoms. The number of hydrogen-bond donors (Lipinski definition) is 2. The van der Waals surface area contributed by atoms with Gasteiger partial charge in [0.2, 0.25) is 0 Å². The molecule has 1 saturated heterocycles. The van der Waals surface area contributed by atoms with Gasteiger partial charge in [0.15, 0.2) is 0 Å². The second kappa shape index (κ2) is 8.94. The predicted molar refractivity (Wildman–Crippen MR) is 97.4 cm³/mol. The third kappa shape index (κ3) is 5.26. The molecule has 2 amide bonds. The lowest BCUT2D eigenvalue weighted by Crippen LogP contribution is -2.47. The lowest BCUT2D eigenvalue weighted by molar-refractivity contribution is 0.210. The number of nitrogens with zero attached hydrogens (tertiary/aromatic N) is 1. The van der Waals surface area contributed by atoms with Crippen LogP contribution in [-0.4, -0.2) is 56.9 Å². The molecule has 1 aromatic rings.